The van der Waals surface area contributed by atoms with Gasteiger partial charge in [0, 0.05) is 6.54 Å². The normalized spacial score (nSPS) is 10.0. The zero-order valence-electron chi connectivity index (χ0n) is 7.46. The summed E-state index contributed by atoms with van der Waals surface area (Å²) in [5.41, 5.74) is 0. The molecule has 0 fully saturated rings. The fourth-order valence-electron chi connectivity index (χ4n) is 0.865. The van der Waals surface area contributed by atoms with Gasteiger partial charge in [-0.15, -0.1) is 0 Å². The molecule has 72 valence electrons. The number of rotatable bonds is 3. The Labute approximate surface area is 81.9 Å². The number of unbranched alkanes of at least 4 members (excludes halogenated alkanes) is 1. The lowest BCUT2D eigenvalue weighted by Crippen LogP contribution is -2.29. The first kappa shape index (κ1) is 10.1. The van der Waals surface area contributed by atoms with Crippen molar-refractivity contribution in [2.24, 2.45) is 0 Å². The van der Waals surface area contributed by atoms with E-state index in [9.17, 15) is 4.79 Å². The van der Waals surface area contributed by atoms with Gasteiger partial charge in [-0.2, -0.15) is 9.78 Å². The van der Waals surface area contributed by atoms with Crippen LogP contribution in [0.15, 0.2) is 12.4 Å². The molecule has 4 nitrogen and oxygen atoms in total. The van der Waals surface area contributed by atoms with Crippen LogP contribution in [0.5, 0.6) is 0 Å². The van der Waals surface area contributed by atoms with Gasteiger partial charge in [-0.3, -0.25) is 0 Å². The summed E-state index contributed by atoms with van der Waals surface area (Å²) < 4.78 is 1.19. The SMILES string of the molecule is CCCCNC(=O)n1cc(Cl)cn1. The minimum absolute atomic E-state index is 0.236. The number of nitrogens with zero attached hydrogens (tertiary/aromatic N) is 2. The maximum absolute atomic E-state index is 11.3. The average Bonchev–Trinajstić information content (AvgIpc) is 2.52. The second-order valence-corrected chi connectivity index (χ2v) is 3.13. The molecule has 0 aromatic carbocycles. The van der Waals surface area contributed by atoms with Crippen LogP contribution in [-0.2, 0) is 0 Å². The van der Waals surface area contributed by atoms with Crippen molar-refractivity contribution in [3.8, 4) is 0 Å². The Balaban J connectivity index is 2.40. The molecule has 1 amide bonds. The van der Waals surface area contributed by atoms with E-state index in [-0.39, 0.29) is 6.03 Å². The highest BCUT2D eigenvalue weighted by molar-refractivity contribution is 6.30. The average molecular weight is 202 g/mol. The molecule has 13 heavy (non-hydrogen) atoms. The highest BCUT2D eigenvalue weighted by atomic mass is 35.5. The van der Waals surface area contributed by atoms with Crippen LogP contribution in [0, 0.1) is 0 Å². The first-order valence-corrected chi connectivity index (χ1v) is 4.60. The molecule has 0 spiro atoms. The summed E-state index contributed by atoms with van der Waals surface area (Å²) >= 11 is 5.60. The molecule has 0 saturated heterocycles. The number of nitrogens with one attached hydrogen (secondary N) is 1. The molecular weight excluding hydrogens is 190 g/mol. The lowest BCUT2D eigenvalue weighted by molar-refractivity contribution is 0.239. The highest BCUT2D eigenvalue weighted by Crippen LogP contribution is 2.03. The Bertz CT molecular complexity index is 285. The number of hydrogen-bond donors (Lipinski definition) is 1. The zero-order chi connectivity index (χ0) is 9.68. The van der Waals surface area contributed by atoms with Crippen LogP contribution in [0.2, 0.25) is 5.02 Å². The van der Waals surface area contributed by atoms with E-state index in [0.717, 1.165) is 12.8 Å². The van der Waals surface area contributed by atoms with Crippen LogP contribution >= 0.6 is 11.6 Å². The second-order valence-electron chi connectivity index (χ2n) is 2.69. The molecule has 1 N–H and O–H groups in total. The van der Waals surface area contributed by atoms with Crippen molar-refractivity contribution in [2.45, 2.75) is 19.8 Å². The van der Waals surface area contributed by atoms with Gasteiger partial charge in [0.05, 0.1) is 17.4 Å². The van der Waals surface area contributed by atoms with E-state index in [1.54, 1.807) is 0 Å². The molecule has 1 aromatic rings. The van der Waals surface area contributed by atoms with Gasteiger partial charge in [0.15, 0.2) is 0 Å². The monoisotopic (exact) mass is 201 g/mol. The quantitative estimate of drug-likeness (QED) is 0.760. The molecule has 5 heteroatoms. The summed E-state index contributed by atoms with van der Waals surface area (Å²) in [5, 5.41) is 6.95. The maximum Gasteiger partial charge on any atom is 0.342 e. The highest BCUT2D eigenvalue weighted by Gasteiger charge is 2.03. The van der Waals surface area contributed by atoms with Gasteiger partial charge in [-0.05, 0) is 6.42 Å². The summed E-state index contributed by atoms with van der Waals surface area (Å²) in [6.45, 7) is 2.74. The van der Waals surface area contributed by atoms with Crippen molar-refractivity contribution in [1.29, 1.82) is 0 Å². The maximum atomic E-state index is 11.3. The first-order valence-electron chi connectivity index (χ1n) is 4.22. The van der Waals surface area contributed by atoms with Gasteiger partial charge >= 0.3 is 6.03 Å². The number of carbonyl (C=O) groups excluding carboxylic acids is 1. The Kier molecular flexibility index (Phi) is 3.76. The van der Waals surface area contributed by atoms with Gasteiger partial charge in [0.2, 0.25) is 0 Å². The predicted octanol–water partition coefficient (Wildman–Crippen LogP) is 1.89. The zero-order valence-corrected chi connectivity index (χ0v) is 8.21. The molecule has 0 radical (unpaired) electrons. The van der Waals surface area contributed by atoms with Crippen molar-refractivity contribution in [3.05, 3.63) is 17.4 Å². The fraction of sp³-hybridized carbons (Fsp3) is 0.500. The number of amides is 1. The van der Waals surface area contributed by atoms with Gasteiger partial charge < -0.3 is 5.32 Å². The molecule has 0 saturated carbocycles. The fourth-order valence-corrected chi connectivity index (χ4v) is 1.00. The Morgan fingerprint density at radius 3 is 3.08 bits per heavy atom. The van der Waals surface area contributed by atoms with Crippen LogP contribution in [0.4, 0.5) is 4.79 Å². The Morgan fingerprint density at radius 1 is 1.77 bits per heavy atom. The molecule has 1 rings (SSSR count). The number of aromatic nitrogens is 2. The van der Waals surface area contributed by atoms with Crippen LogP contribution in [0.3, 0.4) is 0 Å². The van der Waals surface area contributed by atoms with Crippen molar-refractivity contribution in [2.75, 3.05) is 6.54 Å². The summed E-state index contributed by atoms with van der Waals surface area (Å²) in [5.74, 6) is 0. The summed E-state index contributed by atoms with van der Waals surface area (Å²) in [7, 11) is 0. The van der Waals surface area contributed by atoms with Gasteiger partial charge in [-0.1, -0.05) is 24.9 Å². The molecule has 0 aliphatic rings. The summed E-state index contributed by atoms with van der Waals surface area (Å²) in [6, 6.07) is -0.236. The topological polar surface area (TPSA) is 46.9 Å². The number of carbonyl (C=O) groups is 1. The number of halogens is 1. The van der Waals surface area contributed by atoms with E-state index in [1.165, 1.54) is 17.1 Å². The third-order valence-corrected chi connectivity index (χ3v) is 1.76. The van der Waals surface area contributed by atoms with Gasteiger partial charge in [-0.25, -0.2) is 4.79 Å². The van der Waals surface area contributed by atoms with Gasteiger partial charge in [0.1, 0.15) is 0 Å². The molecule has 0 unspecified atom stereocenters. The molecular formula is C8H12ClN3O. The third-order valence-electron chi connectivity index (χ3n) is 1.57. The minimum Gasteiger partial charge on any atom is -0.336 e. The van der Waals surface area contributed by atoms with E-state index in [2.05, 4.69) is 17.3 Å². The summed E-state index contributed by atoms with van der Waals surface area (Å²) in [6.07, 6.45) is 4.94. The van der Waals surface area contributed by atoms with E-state index in [1.807, 2.05) is 0 Å². The summed E-state index contributed by atoms with van der Waals surface area (Å²) in [4.78, 5) is 11.3. The van der Waals surface area contributed by atoms with E-state index >= 15 is 0 Å². The smallest absolute Gasteiger partial charge is 0.336 e. The van der Waals surface area contributed by atoms with Crippen molar-refractivity contribution in [1.82, 2.24) is 15.1 Å². The lowest BCUT2D eigenvalue weighted by Gasteiger charge is -2.02. The van der Waals surface area contributed by atoms with Crippen molar-refractivity contribution < 1.29 is 4.79 Å². The van der Waals surface area contributed by atoms with Crippen molar-refractivity contribution in [3.63, 3.8) is 0 Å². The van der Waals surface area contributed by atoms with Gasteiger partial charge in [0.25, 0.3) is 0 Å². The largest absolute Gasteiger partial charge is 0.342 e. The standard InChI is InChI=1S/C8H12ClN3O/c1-2-3-4-10-8(13)12-6-7(9)5-11-12/h5-6H,2-4H2,1H3,(H,10,13). The number of hydrogen-bond acceptors (Lipinski definition) is 2. The predicted molar refractivity (Wildman–Crippen MR) is 50.9 cm³/mol. The van der Waals surface area contributed by atoms with Crippen LogP contribution < -0.4 is 5.32 Å². The second kappa shape index (κ2) is 4.87. The van der Waals surface area contributed by atoms with Crippen LogP contribution in [0.25, 0.3) is 0 Å². The van der Waals surface area contributed by atoms with Crippen molar-refractivity contribution >= 4 is 17.6 Å². The molecule has 0 aliphatic carbocycles. The van der Waals surface area contributed by atoms with E-state index in [4.69, 9.17) is 11.6 Å². The lowest BCUT2D eigenvalue weighted by atomic mass is 10.3. The molecule has 0 atom stereocenters. The minimum atomic E-state index is -0.236. The molecule has 1 heterocycles. The Morgan fingerprint density at radius 2 is 2.54 bits per heavy atom. The first-order chi connectivity index (χ1) is 6.24. The van der Waals surface area contributed by atoms with Crippen LogP contribution in [0.1, 0.15) is 19.8 Å². The molecule has 1 aromatic heterocycles. The van der Waals surface area contributed by atoms with E-state index in [0.29, 0.717) is 11.6 Å². The molecule has 0 bridgehead atoms. The molecule has 0 aliphatic heterocycles. The van der Waals surface area contributed by atoms with Crippen LogP contribution in [-0.4, -0.2) is 22.4 Å². The third kappa shape index (κ3) is 3.06. The van der Waals surface area contributed by atoms with E-state index < -0.39 is 0 Å². The Hall–Kier alpha value is -1.03.